The molecule has 0 aliphatic rings. The summed E-state index contributed by atoms with van der Waals surface area (Å²) in [7, 11) is 0. The number of anilines is 2. The molecule has 1 heterocycles. The Kier molecular flexibility index (Phi) is 6.67. The summed E-state index contributed by atoms with van der Waals surface area (Å²) in [5.74, 6) is 0.697. The molecule has 152 valence electrons. The second kappa shape index (κ2) is 9.78. The van der Waals surface area contributed by atoms with E-state index < -0.39 is 4.92 Å². The Hall–Kier alpha value is -4.27. The Morgan fingerprint density at radius 1 is 1.17 bits per heavy atom. The number of aromatic nitrogens is 1. The van der Waals surface area contributed by atoms with Gasteiger partial charge in [-0.15, -0.1) is 0 Å². The molecule has 0 atom stereocenters. The lowest BCUT2D eigenvalue weighted by Gasteiger charge is -2.09. The van der Waals surface area contributed by atoms with Gasteiger partial charge in [-0.2, -0.15) is 5.10 Å². The number of para-hydroxylation sites is 1. The lowest BCUT2D eigenvalue weighted by molar-refractivity contribution is -0.385. The third-order valence-corrected chi connectivity index (χ3v) is 4.02. The van der Waals surface area contributed by atoms with Crippen molar-refractivity contribution in [3.05, 3.63) is 88.1 Å². The van der Waals surface area contributed by atoms with Crippen molar-refractivity contribution >= 4 is 29.3 Å². The van der Waals surface area contributed by atoms with Crippen LogP contribution < -0.4 is 15.5 Å². The standard InChI is InChI=1S/C21H19N5O4/c1-15-4-2-3-5-19(15)24-21(27)14-30-18-9-6-16(7-10-18)12-23-25-20-11-8-17(13-22-20)26(28)29/h2-13H,14H2,1H3,(H,22,25)(H,24,27)/b23-12-. The summed E-state index contributed by atoms with van der Waals surface area (Å²) >= 11 is 0. The van der Waals surface area contributed by atoms with Gasteiger partial charge in [0.25, 0.3) is 11.6 Å². The minimum Gasteiger partial charge on any atom is -0.484 e. The molecule has 2 aromatic carbocycles. The maximum atomic E-state index is 12.0. The maximum Gasteiger partial charge on any atom is 0.287 e. The van der Waals surface area contributed by atoms with E-state index in [2.05, 4.69) is 20.8 Å². The molecule has 1 amide bonds. The van der Waals surface area contributed by atoms with Gasteiger partial charge in [0.1, 0.15) is 17.8 Å². The molecule has 0 spiro atoms. The SMILES string of the molecule is Cc1ccccc1NC(=O)COc1ccc(/C=N\Nc2ccc([N+](=O)[O-])cn2)cc1. The molecule has 0 saturated carbocycles. The number of nitro groups is 1. The molecule has 0 bridgehead atoms. The predicted octanol–water partition coefficient (Wildman–Crippen LogP) is 3.76. The fraction of sp³-hybridized carbons (Fsp3) is 0.0952. The van der Waals surface area contributed by atoms with Crippen LogP contribution in [0.2, 0.25) is 0 Å². The molecule has 9 heteroatoms. The summed E-state index contributed by atoms with van der Waals surface area (Å²) in [6.45, 7) is 1.82. The smallest absolute Gasteiger partial charge is 0.287 e. The molecule has 2 N–H and O–H groups in total. The van der Waals surface area contributed by atoms with Crippen molar-refractivity contribution in [3.63, 3.8) is 0 Å². The van der Waals surface area contributed by atoms with Crippen LogP contribution in [-0.4, -0.2) is 28.6 Å². The number of hydrogen-bond donors (Lipinski definition) is 2. The van der Waals surface area contributed by atoms with Gasteiger partial charge in [0.15, 0.2) is 6.61 Å². The molecule has 3 rings (SSSR count). The Balaban J connectivity index is 1.47. The monoisotopic (exact) mass is 405 g/mol. The van der Waals surface area contributed by atoms with Gasteiger partial charge in [0.05, 0.1) is 11.1 Å². The highest BCUT2D eigenvalue weighted by molar-refractivity contribution is 5.92. The molecule has 0 radical (unpaired) electrons. The van der Waals surface area contributed by atoms with Gasteiger partial charge in [-0.1, -0.05) is 18.2 Å². The Morgan fingerprint density at radius 3 is 2.60 bits per heavy atom. The summed E-state index contributed by atoms with van der Waals surface area (Å²) in [6.07, 6.45) is 2.72. The zero-order chi connectivity index (χ0) is 21.3. The first-order valence-corrected chi connectivity index (χ1v) is 8.99. The Morgan fingerprint density at radius 2 is 1.93 bits per heavy atom. The van der Waals surface area contributed by atoms with Crippen molar-refractivity contribution in [1.29, 1.82) is 0 Å². The molecular formula is C21H19N5O4. The van der Waals surface area contributed by atoms with Crippen molar-refractivity contribution in [1.82, 2.24) is 4.98 Å². The van der Waals surface area contributed by atoms with E-state index in [1.165, 1.54) is 12.1 Å². The Labute approximate surface area is 172 Å². The van der Waals surface area contributed by atoms with Crippen LogP contribution in [0.25, 0.3) is 0 Å². The fourth-order valence-electron chi connectivity index (χ4n) is 2.43. The molecule has 0 fully saturated rings. The topological polar surface area (TPSA) is 119 Å². The summed E-state index contributed by atoms with van der Waals surface area (Å²) < 4.78 is 5.50. The molecule has 3 aromatic rings. The lowest BCUT2D eigenvalue weighted by atomic mass is 10.2. The van der Waals surface area contributed by atoms with E-state index >= 15 is 0 Å². The van der Waals surface area contributed by atoms with Crippen LogP contribution in [0.4, 0.5) is 17.2 Å². The number of nitrogens with zero attached hydrogens (tertiary/aromatic N) is 3. The molecule has 0 aliphatic carbocycles. The number of benzene rings is 2. The van der Waals surface area contributed by atoms with E-state index in [4.69, 9.17) is 4.74 Å². The molecule has 30 heavy (non-hydrogen) atoms. The number of hydrazone groups is 1. The largest absolute Gasteiger partial charge is 0.484 e. The van der Waals surface area contributed by atoms with E-state index in [9.17, 15) is 14.9 Å². The first-order chi connectivity index (χ1) is 14.5. The first-order valence-electron chi connectivity index (χ1n) is 8.99. The number of carbonyl (C=O) groups excluding carboxylic acids is 1. The number of carbonyl (C=O) groups is 1. The maximum absolute atomic E-state index is 12.0. The molecule has 0 saturated heterocycles. The molecule has 0 aliphatic heterocycles. The van der Waals surface area contributed by atoms with Crippen molar-refractivity contribution in [3.8, 4) is 5.75 Å². The summed E-state index contributed by atoms with van der Waals surface area (Å²) in [6, 6.07) is 17.3. The van der Waals surface area contributed by atoms with Crippen LogP contribution in [-0.2, 0) is 4.79 Å². The summed E-state index contributed by atoms with van der Waals surface area (Å²) in [4.78, 5) is 26.0. The van der Waals surface area contributed by atoms with E-state index in [-0.39, 0.29) is 18.2 Å². The minimum atomic E-state index is -0.518. The molecule has 9 nitrogen and oxygen atoms in total. The zero-order valence-electron chi connectivity index (χ0n) is 16.1. The second-order valence-electron chi connectivity index (χ2n) is 6.25. The van der Waals surface area contributed by atoms with Gasteiger partial charge in [-0.05, 0) is 54.4 Å². The van der Waals surface area contributed by atoms with E-state index in [0.717, 1.165) is 23.0 Å². The summed E-state index contributed by atoms with van der Waals surface area (Å²) in [5, 5.41) is 17.4. The third kappa shape index (κ3) is 5.86. The van der Waals surface area contributed by atoms with Crippen molar-refractivity contribution in [2.75, 3.05) is 17.3 Å². The van der Waals surface area contributed by atoms with Gasteiger partial charge in [-0.25, -0.2) is 4.98 Å². The van der Waals surface area contributed by atoms with Gasteiger partial charge >= 0.3 is 0 Å². The quantitative estimate of drug-likeness (QED) is 0.335. The highest BCUT2D eigenvalue weighted by Gasteiger charge is 2.06. The number of amides is 1. The Bertz CT molecular complexity index is 1050. The molecular weight excluding hydrogens is 386 g/mol. The third-order valence-electron chi connectivity index (χ3n) is 4.02. The van der Waals surface area contributed by atoms with Crippen molar-refractivity contribution in [2.45, 2.75) is 6.92 Å². The second-order valence-corrected chi connectivity index (χ2v) is 6.25. The number of nitrogens with one attached hydrogen (secondary N) is 2. The number of hydrogen-bond acceptors (Lipinski definition) is 7. The van der Waals surface area contributed by atoms with Crippen LogP contribution in [0.3, 0.4) is 0 Å². The zero-order valence-corrected chi connectivity index (χ0v) is 16.1. The van der Waals surface area contributed by atoms with Crippen LogP contribution in [0.15, 0.2) is 72.0 Å². The highest BCUT2D eigenvalue weighted by Crippen LogP contribution is 2.15. The van der Waals surface area contributed by atoms with Crippen LogP contribution >= 0.6 is 0 Å². The van der Waals surface area contributed by atoms with E-state index in [0.29, 0.717) is 11.6 Å². The van der Waals surface area contributed by atoms with Crippen molar-refractivity contribution in [2.24, 2.45) is 5.10 Å². The number of rotatable bonds is 8. The van der Waals surface area contributed by atoms with Crippen molar-refractivity contribution < 1.29 is 14.5 Å². The average Bonchev–Trinajstić information content (AvgIpc) is 2.75. The lowest BCUT2D eigenvalue weighted by Crippen LogP contribution is -2.20. The van der Waals surface area contributed by atoms with E-state index in [1.54, 1.807) is 30.5 Å². The van der Waals surface area contributed by atoms with Crippen LogP contribution in [0.1, 0.15) is 11.1 Å². The van der Waals surface area contributed by atoms with Gasteiger partial charge < -0.3 is 10.1 Å². The molecule has 1 aromatic heterocycles. The fourth-order valence-corrected chi connectivity index (χ4v) is 2.43. The normalized spacial score (nSPS) is 10.6. The highest BCUT2D eigenvalue weighted by atomic mass is 16.6. The first kappa shape index (κ1) is 20.5. The number of ether oxygens (including phenoxy) is 1. The average molecular weight is 405 g/mol. The van der Waals surface area contributed by atoms with Crippen LogP contribution in [0.5, 0.6) is 5.75 Å². The number of pyridine rings is 1. The summed E-state index contributed by atoms with van der Waals surface area (Å²) in [5.41, 5.74) is 5.13. The predicted molar refractivity (Wildman–Crippen MR) is 114 cm³/mol. The van der Waals surface area contributed by atoms with Crippen LogP contribution in [0, 0.1) is 17.0 Å². The van der Waals surface area contributed by atoms with E-state index in [1.807, 2.05) is 31.2 Å². The van der Waals surface area contributed by atoms with Gasteiger partial charge in [0.2, 0.25) is 0 Å². The van der Waals surface area contributed by atoms with Gasteiger partial charge in [0, 0.05) is 11.8 Å². The van der Waals surface area contributed by atoms with Gasteiger partial charge in [-0.3, -0.25) is 20.3 Å². The number of aryl methyl sites for hydroxylation is 1. The molecule has 0 unspecified atom stereocenters. The minimum absolute atomic E-state index is 0.0901.